The Bertz CT molecular complexity index is 289. The second-order valence-corrected chi connectivity index (χ2v) is 8.23. The van der Waals surface area contributed by atoms with Gasteiger partial charge in [0.25, 0.3) is 0 Å². The monoisotopic (exact) mass is 249 g/mol. The van der Waals surface area contributed by atoms with E-state index in [1.165, 1.54) is 0 Å². The molecule has 0 aromatic carbocycles. The van der Waals surface area contributed by atoms with E-state index in [1.807, 2.05) is 7.05 Å². The van der Waals surface area contributed by atoms with Crippen molar-refractivity contribution >= 4 is 9.84 Å². The molecule has 0 saturated carbocycles. The van der Waals surface area contributed by atoms with E-state index in [-0.39, 0.29) is 17.2 Å². The van der Waals surface area contributed by atoms with Gasteiger partial charge < -0.3 is 5.32 Å². The molecule has 3 nitrogen and oxygen atoms in total. The van der Waals surface area contributed by atoms with Crippen LogP contribution in [0.25, 0.3) is 0 Å². The minimum absolute atomic E-state index is 0.0182. The number of rotatable bonds is 6. The Morgan fingerprint density at radius 3 is 2.00 bits per heavy atom. The fraction of sp³-hybridized carbons (Fsp3) is 1.00. The van der Waals surface area contributed by atoms with Crippen LogP contribution in [-0.4, -0.2) is 33.0 Å². The van der Waals surface area contributed by atoms with Gasteiger partial charge in [-0.2, -0.15) is 0 Å². The molecular weight excluding hydrogens is 222 g/mol. The molecule has 0 aromatic heterocycles. The van der Waals surface area contributed by atoms with Gasteiger partial charge in [0.2, 0.25) is 0 Å². The van der Waals surface area contributed by atoms with Crippen LogP contribution in [0.15, 0.2) is 0 Å². The highest BCUT2D eigenvalue weighted by molar-refractivity contribution is 7.91. The topological polar surface area (TPSA) is 46.2 Å². The van der Waals surface area contributed by atoms with Gasteiger partial charge in [0.15, 0.2) is 9.84 Å². The van der Waals surface area contributed by atoms with Crippen molar-refractivity contribution in [3.8, 4) is 0 Å². The zero-order valence-corrected chi connectivity index (χ0v) is 12.3. The maximum absolute atomic E-state index is 11.9. The lowest BCUT2D eigenvalue weighted by Crippen LogP contribution is -2.43. The first-order valence-electron chi connectivity index (χ1n) is 5.96. The third kappa shape index (κ3) is 6.48. The van der Waals surface area contributed by atoms with Crippen LogP contribution >= 0.6 is 0 Å². The Balaban J connectivity index is 4.45. The van der Waals surface area contributed by atoms with E-state index in [4.69, 9.17) is 0 Å². The van der Waals surface area contributed by atoms with Gasteiger partial charge in [-0.1, -0.05) is 34.6 Å². The van der Waals surface area contributed by atoms with E-state index in [1.54, 1.807) is 0 Å². The van der Waals surface area contributed by atoms with Gasteiger partial charge in [-0.05, 0) is 24.8 Å². The molecule has 0 radical (unpaired) electrons. The molecule has 0 saturated heterocycles. The smallest absolute Gasteiger partial charge is 0.151 e. The minimum atomic E-state index is -2.93. The largest absolute Gasteiger partial charge is 0.315 e. The molecule has 0 rings (SSSR count). The Morgan fingerprint density at radius 1 is 1.19 bits per heavy atom. The first kappa shape index (κ1) is 15.9. The summed E-state index contributed by atoms with van der Waals surface area (Å²) in [5.74, 6) is 0.982. The fourth-order valence-corrected chi connectivity index (χ4v) is 3.69. The summed E-state index contributed by atoms with van der Waals surface area (Å²) in [5, 5.41) is 3.11. The maximum Gasteiger partial charge on any atom is 0.151 e. The lowest BCUT2D eigenvalue weighted by atomic mass is 9.88. The van der Waals surface area contributed by atoms with Crippen molar-refractivity contribution in [1.82, 2.24) is 5.32 Å². The summed E-state index contributed by atoms with van der Waals surface area (Å²) in [6.07, 6.45) is 0.753. The molecule has 1 atom stereocenters. The summed E-state index contributed by atoms with van der Waals surface area (Å²) >= 11 is 0. The predicted molar refractivity (Wildman–Crippen MR) is 70.4 cm³/mol. The van der Waals surface area contributed by atoms with Gasteiger partial charge in [0.05, 0.1) is 11.5 Å². The van der Waals surface area contributed by atoms with Crippen molar-refractivity contribution in [2.45, 2.75) is 47.1 Å². The third-order valence-electron chi connectivity index (χ3n) is 2.82. The quantitative estimate of drug-likeness (QED) is 0.784. The molecule has 0 aromatic rings. The number of hydrogen-bond donors (Lipinski definition) is 1. The number of nitrogens with one attached hydrogen (secondary N) is 1. The Hall–Kier alpha value is -0.0900. The first-order valence-corrected chi connectivity index (χ1v) is 7.78. The molecule has 0 aliphatic heterocycles. The summed E-state index contributed by atoms with van der Waals surface area (Å²) in [6.45, 7) is 10.3. The summed E-state index contributed by atoms with van der Waals surface area (Å²) in [6, 6.07) is 0.0182. The maximum atomic E-state index is 11.9. The third-order valence-corrected chi connectivity index (χ3v) is 4.52. The van der Waals surface area contributed by atoms with Crippen LogP contribution in [0, 0.1) is 11.3 Å². The van der Waals surface area contributed by atoms with Crippen molar-refractivity contribution in [2.75, 3.05) is 18.6 Å². The molecule has 0 spiro atoms. The number of hydrogen-bond acceptors (Lipinski definition) is 3. The van der Waals surface area contributed by atoms with Gasteiger partial charge in [0.1, 0.15) is 0 Å². The van der Waals surface area contributed by atoms with Crippen LogP contribution in [0.2, 0.25) is 0 Å². The summed E-state index contributed by atoms with van der Waals surface area (Å²) in [7, 11) is -1.11. The highest BCUT2D eigenvalue weighted by Gasteiger charge is 2.28. The van der Waals surface area contributed by atoms with Gasteiger partial charge in [-0.25, -0.2) is 8.42 Å². The van der Waals surface area contributed by atoms with E-state index < -0.39 is 9.84 Å². The molecule has 0 amide bonds. The van der Waals surface area contributed by atoms with Crippen molar-refractivity contribution in [1.29, 1.82) is 0 Å². The normalized spacial score (nSPS) is 15.4. The van der Waals surface area contributed by atoms with Crippen LogP contribution < -0.4 is 5.32 Å². The molecule has 1 N–H and O–H groups in total. The molecule has 0 fully saturated rings. The van der Waals surface area contributed by atoms with E-state index in [0.717, 1.165) is 6.42 Å². The van der Waals surface area contributed by atoms with Crippen molar-refractivity contribution in [3.63, 3.8) is 0 Å². The van der Waals surface area contributed by atoms with E-state index >= 15 is 0 Å². The minimum Gasteiger partial charge on any atom is -0.315 e. The van der Waals surface area contributed by atoms with E-state index in [9.17, 15) is 8.42 Å². The molecule has 0 bridgehead atoms. The van der Waals surface area contributed by atoms with Crippen LogP contribution in [0.1, 0.15) is 41.0 Å². The van der Waals surface area contributed by atoms with Crippen LogP contribution in [-0.2, 0) is 9.84 Å². The summed E-state index contributed by atoms with van der Waals surface area (Å²) in [5.41, 5.74) is -0.0281. The lowest BCUT2D eigenvalue weighted by molar-refractivity contribution is 0.302. The average Bonchev–Trinajstić information content (AvgIpc) is 2.09. The summed E-state index contributed by atoms with van der Waals surface area (Å²) in [4.78, 5) is 0. The Kier molecular flexibility index (Phi) is 5.98. The molecule has 16 heavy (non-hydrogen) atoms. The molecule has 0 heterocycles. The second-order valence-electron chi connectivity index (χ2n) is 6.00. The molecule has 1 unspecified atom stereocenters. The fourth-order valence-electron chi connectivity index (χ4n) is 1.52. The van der Waals surface area contributed by atoms with Crippen molar-refractivity contribution in [2.24, 2.45) is 11.3 Å². The summed E-state index contributed by atoms with van der Waals surface area (Å²) < 4.78 is 23.8. The zero-order valence-electron chi connectivity index (χ0n) is 11.5. The van der Waals surface area contributed by atoms with Crippen LogP contribution in [0.4, 0.5) is 0 Å². The SMILES string of the molecule is CNC(CS(=O)(=O)CCC(C)C)C(C)(C)C. The first-order chi connectivity index (χ1) is 7.08. The van der Waals surface area contributed by atoms with E-state index in [2.05, 4.69) is 39.9 Å². The van der Waals surface area contributed by atoms with Crippen molar-refractivity contribution in [3.05, 3.63) is 0 Å². The van der Waals surface area contributed by atoms with Gasteiger partial charge in [0, 0.05) is 6.04 Å². The number of sulfone groups is 1. The molecular formula is C12H27NO2S. The van der Waals surface area contributed by atoms with Crippen molar-refractivity contribution < 1.29 is 8.42 Å². The molecule has 4 heteroatoms. The van der Waals surface area contributed by atoms with Crippen LogP contribution in [0.3, 0.4) is 0 Å². The van der Waals surface area contributed by atoms with Crippen LogP contribution in [0.5, 0.6) is 0 Å². The molecule has 98 valence electrons. The average molecular weight is 249 g/mol. The van der Waals surface area contributed by atoms with Gasteiger partial charge in [-0.3, -0.25) is 0 Å². The van der Waals surface area contributed by atoms with Gasteiger partial charge >= 0.3 is 0 Å². The van der Waals surface area contributed by atoms with E-state index in [0.29, 0.717) is 11.7 Å². The van der Waals surface area contributed by atoms with Gasteiger partial charge in [-0.15, -0.1) is 0 Å². The Morgan fingerprint density at radius 2 is 1.69 bits per heavy atom. The highest BCUT2D eigenvalue weighted by atomic mass is 32.2. The molecule has 0 aliphatic carbocycles. The molecule has 0 aliphatic rings. The predicted octanol–water partition coefficient (Wildman–Crippen LogP) is 2.08. The zero-order chi connectivity index (χ0) is 13.0. The standard InChI is InChI=1S/C12H27NO2S/c1-10(2)7-8-16(14,15)9-11(13-6)12(3,4)5/h10-11,13H,7-9H2,1-6H3. The lowest BCUT2D eigenvalue weighted by Gasteiger charge is -2.30. The Labute approximate surface area is 101 Å². The second kappa shape index (κ2) is 6.01. The highest BCUT2D eigenvalue weighted by Crippen LogP contribution is 2.21.